The highest BCUT2D eigenvalue weighted by molar-refractivity contribution is 6.25. The van der Waals surface area contributed by atoms with Gasteiger partial charge in [-0.25, -0.2) is 0 Å². The van der Waals surface area contributed by atoms with Crippen LogP contribution in [0.15, 0.2) is 77.7 Å². The molecule has 0 bridgehead atoms. The summed E-state index contributed by atoms with van der Waals surface area (Å²) >= 11 is 0. The van der Waals surface area contributed by atoms with Gasteiger partial charge < -0.3 is 54.8 Å². The van der Waals surface area contributed by atoms with Crippen molar-refractivity contribution in [2.45, 2.75) is 71.1 Å². The van der Waals surface area contributed by atoms with Crippen molar-refractivity contribution < 1.29 is 65.6 Å². The molecule has 0 saturated carbocycles. The van der Waals surface area contributed by atoms with E-state index in [2.05, 4.69) is 56.5 Å². The van der Waals surface area contributed by atoms with Crippen LogP contribution in [0.2, 0.25) is 0 Å². The predicted molar refractivity (Wildman–Crippen MR) is 306 cm³/mol. The first-order chi connectivity index (χ1) is 40.0. The number of halogens is 3. The summed E-state index contributed by atoms with van der Waals surface area (Å²) in [5.74, 6) is -3.12. The number of imide groups is 2. The van der Waals surface area contributed by atoms with Gasteiger partial charge in [0.2, 0.25) is 17.4 Å². The fraction of sp³-hybridized carbons (Fsp3) is 0.508. The van der Waals surface area contributed by atoms with Crippen LogP contribution in [0.1, 0.15) is 94.6 Å². The van der Waals surface area contributed by atoms with E-state index in [4.69, 9.17) is 29.4 Å². The number of H-pyrrole nitrogens is 1. The van der Waals surface area contributed by atoms with Gasteiger partial charge in [0.15, 0.2) is 0 Å². The molecule has 3 aliphatic rings. The topological polar surface area (TPSA) is 256 Å². The van der Waals surface area contributed by atoms with Gasteiger partial charge in [-0.15, -0.1) is 0 Å². The summed E-state index contributed by atoms with van der Waals surface area (Å²) < 4.78 is 68.6. The lowest BCUT2D eigenvalue weighted by atomic mass is 10.0. The Hall–Kier alpha value is -6.90. The number of nitrogens with one attached hydrogen (secondary N) is 4. The first kappa shape index (κ1) is 65.3. The largest absolute Gasteiger partial charge is 0.417 e. The summed E-state index contributed by atoms with van der Waals surface area (Å²) in [6.07, 6.45) is -1.42. The van der Waals surface area contributed by atoms with Crippen LogP contribution in [0, 0.1) is 0 Å². The van der Waals surface area contributed by atoms with Crippen molar-refractivity contribution in [2.24, 2.45) is 0 Å². The van der Waals surface area contributed by atoms with Gasteiger partial charge in [0.25, 0.3) is 17.7 Å². The normalized spacial score (nSPS) is 15.7. The second-order valence-electron chi connectivity index (χ2n) is 20.1. The molecule has 6 N–H and O–H groups in total. The first-order valence-corrected chi connectivity index (χ1v) is 28.2. The number of carbonyl (C=O) groups excluding carboxylic acids is 6. The van der Waals surface area contributed by atoms with E-state index >= 15 is 0 Å². The molecule has 0 spiro atoms. The van der Waals surface area contributed by atoms with Crippen LogP contribution in [-0.2, 0) is 50.8 Å². The van der Waals surface area contributed by atoms with Gasteiger partial charge in [-0.2, -0.15) is 13.2 Å². The maximum atomic E-state index is 13.6. The molecule has 21 nitrogen and oxygen atoms in total. The first-order valence-electron chi connectivity index (χ1n) is 28.2. The second kappa shape index (κ2) is 33.4. The molecule has 452 valence electrons. The molecule has 24 heteroatoms. The molecule has 4 aromatic rings. The number of nitrogens with two attached hydrogens (primary N) is 1. The standard InChI is InChI=1S/C54H65F3N8O12.C5H13N/c55-54(56,57)42-33-48(68)60-34-41(42)50(69)61-45-32-38(10-11-43(45)58)37-6-3-5-36(31-37)35-64-19-17-63(18-20-64)16-2-1-7-39(66)14-21-73-23-25-75-27-29-77-30-28-76-26-24-74-22-15-59-44-9-4-8-40-49(44)53(72)65(52(40)71)46-12-13-47(67)62-51(46)70;1-4-6(3)5-2/h3-6,8-11,31-34,46,59H,1-2,7,12-30,35,58H2,(H,60,68)(H,61,69)(H,62,67,70);4-5H2,1-3H3. The van der Waals surface area contributed by atoms with Crippen molar-refractivity contribution in [3.63, 3.8) is 0 Å². The molecule has 3 aliphatic heterocycles. The van der Waals surface area contributed by atoms with Crippen molar-refractivity contribution in [3.05, 3.63) is 111 Å². The number of hydrogen-bond acceptors (Lipinski definition) is 17. The number of fused-ring (bicyclic) bond motifs is 1. The Morgan fingerprint density at radius 3 is 1.99 bits per heavy atom. The number of aromatic nitrogens is 1. The average Bonchev–Trinajstić information content (AvgIpc) is 2.33. The van der Waals surface area contributed by atoms with Gasteiger partial charge in [-0.1, -0.05) is 44.2 Å². The number of hydrogen-bond donors (Lipinski definition) is 5. The van der Waals surface area contributed by atoms with Crippen LogP contribution in [0.4, 0.5) is 30.2 Å². The molecule has 5 amide bonds. The minimum absolute atomic E-state index is 0.0488. The number of rotatable bonds is 32. The summed E-state index contributed by atoms with van der Waals surface area (Å²) in [6.45, 7) is 15.9. The zero-order chi connectivity index (χ0) is 59.7. The molecule has 1 atom stereocenters. The fourth-order valence-electron chi connectivity index (χ4n) is 9.30. The molecule has 2 saturated heterocycles. The Kier molecular flexibility index (Phi) is 26.3. The Balaban J connectivity index is 0.00000175. The molecule has 1 unspecified atom stereocenters. The van der Waals surface area contributed by atoms with Gasteiger partial charge in [0.05, 0.1) is 99.7 Å². The third-order valence-electron chi connectivity index (χ3n) is 14.2. The van der Waals surface area contributed by atoms with Gasteiger partial charge in [-0.3, -0.25) is 48.7 Å². The molecule has 0 aliphatic carbocycles. The molecule has 83 heavy (non-hydrogen) atoms. The van der Waals surface area contributed by atoms with E-state index in [1.807, 2.05) is 24.3 Å². The Bertz CT molecular complexity index is 2860. The van der Waals surface area contributed by atoms with E-state index in [9.17, 15) is 46.7 Å². The highest BCUT2D eigenvalue weighted by Crippen LogP contribution is 2.34. The van der Waals surface area contributed by atoms with Crippen molar-refractivity contribution in [1.82, 2.24) is 29.9 Å². The lowest BCUT2D eigenvalue weighted by Gasteiger charge is -2.34. The summed E-state index contributed by atoms with van der Waals surface area (Å²) in [4.78, 5) is 97.2. The molecule has 4 heterocycles. The van der Waals surface area contributed by atoms with Gasteiger partial charge in [0.1, 0.15) is 11.8 Å². The second-order valence-corrected chi connectivity index (χ2v) is 20.1. The molecular formula is C59H78F3N9O12. The van der Waals surface area contributed by atoms with E-state index in [1.54, 1.807) is 36.4 Å². The number of Topliss-reactive ketones (excluding diaryl/α,β-unsaturated/α-hetero) is 1. The van der Waals surface area contributed by atoms with E-state index < -0.39 is 58.4 Å². The maximum Gasteiger partial charge on any atom is 0.417 e. The molecule has 1 aromatic heterocycles. The number of benzene rings is 3. The van der Waals surface area contributed by atoms with E-state index in [1.165, 1.54) is 0 Å². The SMILES string of the molecule is CCN(C)CC.Nc1ccc(-c2cccc(CN3CCN(CCCCC(=O)CCOCCOCCOCCOCCOCCNc4cccc5c4C(=O)N(C4CCC(=O)NC4=O)C5=O)CC3)c2)cc1NC(=O)c1c[nH]c(=O)cc1C(F)(F)F. The summed E-state index contributed by atoms with van der Waals surface area (Å²) in [5.41, 5.74) is 6.83. The predicted octanol–water partition coefficient (Wildman–Crippen LogP) is 5.70. The van der Waals surface area contributed by atoms with E-state index in [0.29, 0.717) is 103 Å². The maximum absolute atomic E-state index is 13.6. The van der Waals surface area contributed by atoms with Crippen LogP contribution in [0.25, 0.3) is 11.1 Å². The van der Waals surface area contributed by atoms with E-state index in [0.717, 1.165) is 87.4 Å². The zero-order valence-corrected chi connectivity index (χ0v) is 47.6. The third-order valence-corrected chi connectivity index (χ3v) is 14.2. The molecular weight excluding hydrogens is 1080 g/mol. The van der Waals surface area contributed by atoms with Crippen molar-refractivity contribution in [2.75, 3.05) is 142 Å². The summed E-state index contributed by atoms with van der Waals surface area (Å²) in [5, 5.41) is 7.79. The summed E-state index contributed by atoms with van der Waals surface area (Å²) in [7, 11) is 2.11. The Morgan fingerprint density at radius 1 is 0.723 bits per heavy atom. The lowest BCUT2D eigenvalue weighted by molar-refractivity contribution is -0.138. The molecule has 3 aromatic carbocycles. The van der Waals surface area contributed by atoms with E-state index in [-0.39, 0.29) is 41.1 Å². The Morgan fingerprint density at radius 2 is 1.35 bits per heavy atom. The van der Waals surface area contributed by atoms with Crippen molar-refractivity contribution >= 4 is 52.4 Å². The minimum Gasteiger partial charge on any atom is -0.397 e. The fourth-order valence-corrected chi connectivity index (χ4v) is 9.30. The lowest BCUT2D eigenvalue weighted by Crippen LogP contribution is -2.54. The third kappa shape index (κ3) is 20.4. The Labute approximate surface area is 481 Å². The number of piperazine rings is 1. The number of piperidine rings is 1. The number of ether oxygens (including phenoxy) is 5. The zero-order valence-electron chi connectivity index (χ0n) is 47.6. The van der Waals surface area contributed by atoms with Crippen LogP contribution in [0.5, 0.6) is 0 Å². The van der Waals surface area contributed by atoms with Crippen molar-refractivity contribution in [3.8, 4) is 11.1 Å². The average molecular weight is 1160 g/mol. The minimum atomic E-state index is -4.91. The van der Waals surface area contributed by atoms with Crippen molar-refractivity contribution in [1.29, 1.82) is 0 Å². The molecule has 2 fully saturated rings. The summed E-state index contributed by atoms with van der Waals surface area (Å²) in [6, 6.07) is 17.1. The number of alkyl halides is 3. The smallest absolute Gasteiger partial charge is 0.397 e. The van der Waals surface area contributed by atoms with Gasteiger partial charge >= 0.3 is 6.18 Å². The number of carbonyl (C=O) groups is 6. The monoisotopic (exact) mass is 1160 g/mol. The van der Waals surface area contributed by atoms with Gasteiger partial charge in [-0.05, 0) is 93.0 Å². The number of anilines is 3. The van der Waals surface area contributed by atoms with Gasteiger partial charge in [0, 0.05) is 76.5 Å². The number of pyridine rings is 1. The highest BCUT2D eigenvalue weighted by Gasteiger charge is 2.45. The quantitative estimate of drug-likeness (QED) is 0.0223. The number of nitrogen functional groups attached to an aromatic ring is 1. The molecule has 0 radical (unpaired) electrons. The van der Waals surface area contributed by atoms with Crippen LogP contribution in [0.3, 0.4) is 0 Å². The number of ketones is 1. The number of nitrogens with zero attached hydrogens (tertiary/aromatic N) is 4. The van der Waals surface area contributed by atoms with Crippen LogP contribution in [-0.4, -0.2) is 191 Å². The number of aromatic amines is 1. The van der Waals surface area contributed by atoms with Crippen LogP contribution < -0.4 is 27.2 Å². The number of unbranched alkanes of at least 4 members (excludes halogenated alkanes) is 1. The molecule has 7 rings (SSSR count). The van der Waals surface area contributed by atoms with Crippen LogP contribution >= 0.6 is 0 Å². The highest BCUT2D eigenvalue weighted by atomic mass is 19.4. The number of amides is 5.